The van der Waals surface area contributed by atoms with Gasteiger partial charge in [-0.1, -0.05) is 0 Å². The second-order valence-corrected chi connectivity index (χ2v) is 7.44. The molecule has 2 aliphatic heterocycles. The van der Waals surface area contributed by atoms with Crippen molar-refractivity contribution < 1.29 is 14.4 Å². The highest BCUT2D eigenvalue weighted by Crippen LogP contribution is 2.33. The lowest BCUT2D eigenvalue weighted by Gasteiger charge is -2.38. The number of nitrogens with zero attached hydrogens (tertiary/aromatic N) is 2. The van der Waals surface area contributed by atoms with Crippen molar-refractivity contribution in [3.05, 3.63) is 17.0 Å². The molecule has 3 heterocycles. The molecule has 0 radical (unpaired) electrons. The third-order valence-electron chi connectivity index (χ3n) is 5.65. The Morgan fingerprint density at radius 1 is 1.32 bits per heavy atom. The first-order valence-electron chi connectivity index (χ1n) is 8.94. The van der Waals surface area contributed by atoms with Crippen LogP contribution in [0.1, 0.15) is 60.4 Å². The minimum atomic E-state index is -0.466. The molecule has 3 N–H and O–H groups in total. The molecule has 4 amide bonds. The van der Waals surface area contributed by atoms with Crippen LogP contribution in [-0.2, 0) is 11.2 Å². The minimum Gasteiger partial charge on any atom is -0.349 e. The lowest BCUT2D eigenvalue weighted by atomic mass is 9.75. The molecule has 2 fully saturated rings. The minimum absolute atomic E-state index is 0.0405. The number of imide groups is 1. The van der Waals surface area contributed by atoms with E-state index in [0.717, 1.165) is 30.7 Å². The molecule has 1 saturated heterocycles. The monoisotopic (exact) mass is 345 g/mol. The molecular formula is C17H23N5O3. The number of hydrogen-bond acceptors (Lipinski definition) is 4. The predicted molar refractivity (Wildman–Crippen MR) is 89.1 cm³/mol. The number of aryl methyl sites for hydroxylation is 1. The van der Waals surface area contributed by atoms with Crippen LogP contribution in [0.25, 0.3) is 0 Å². The summed E-state index contributed by atoms with van der Waals surface area (Å²) in [4.78, 5) is 35.6. The van der Waals surface area contributed by atoms with Gasteiger partial charge in [-0.05, 0) is 51.9 Å². The van der Waals surface area contributed by atoms with Crippen LogP contribution in [0.2, 0.25) is 0 Å². The molecule has 0 spiro atoms. The van der Waals surface area contributed by atoms with Crippen LogP contribution in [0, 0.1) is 12.8 Å². The highest BCUT2D eigenvalue weighted by atomic mass is 16.2. The number of hydrogen-bond donors (Lipinski definition) is 3. The van der Waals surface area contributed by atoms with E-state index in [0.29, 0.717) is 24.4 Å². The Morgan fingerprint density at radius 2 is 2.08 bits per heavy atom. The molecule has 2 atom stereocenters. The van der Waals surface area contributed by atoms with Crippen LogP contribution >= 0.6 is 0 Å². The lowest BCUT2D eigenvalue weighted by molar-refractivity contribution is -0.122. The fourth-order valence-corrected chi connectivity index (χ4v) is 4.26. The molecule has 134 valence electrons. The molecule has 8 heteroatoms. The van der Waals surface area contributed by atoms with Crippen molar-refractivity contribution in [1.29, 1.82) is 0 Å². The summed E-state index contributed by atoms with van der Waals surface area (Å²) < 4.78 is 2.00. The van der Waals surface area contributed by atoms with Crippen molar-refractivity contribution in [2.75, 3.05) is 0 Å². The van der Waals surface area contributed by atoms with Crippen LogP contribution in [0.4, 0.5) is 4.79 Å². The number of aromatic nitrogens is 2. The maximum absolute atomic E-state index is 12.7. The van der Waals surface area contributed by atoms with Gasteiger partial charge in [-0.25, -0.2) is 4.79 Å². The summed E-state index contributed by atoms with van der Waals surface area (Å²) in [5.41, 5.74) is 2.52. The van der Waals surface area contributed by atoms with Crippen LogP contribution in [0.5, 0.6) is 0 Å². The lowest BCUT2D eigenvalue weighted by Crippen LogP contribution is -2.52. The second kappa shape index (κ2) is 5.86. The maximum atomic E-state index is 12.7. The standard InChI is InChI=1S/C17H23N5O3/c1-8-4-3-5-12-13(9(2)21-22(8)12)15(23)18-11-6-10(7-11)14-16(24)20-17(25)19-14/h8,10-11,14H,3-7H2,1-2H3,(H,18,23)(H2,19,20,24,25). The molecule has 8 nitrogen and oxygen atoms in total. The molecule has 1 aromatic rings. The van der Waals surface area contributed by atoms with Crippen LogP contribution in [-0.4, -0.2) is 39.7 Å². The zero-order chi connectivity index (χ0) is 17.7. The van der Waals surface area contributed by atoms with Crippen LogP contribution < -0.4 is 16.0 Å². The Kier molecular flexibility index (Phi) is 3.77. The van der Waals surface area contributed by atoms with Crippen molar-refractivity contribution in [2.45, 2.75) is 64.1 Å². The predicted octanol–water partition coefficient (Wildman–Crippen LogP) is 0.805. The van der Waals surface area contributed by atoms with Crippen LogP contribution in [0.3, 0.4) is 0 Å². The van der Waals surface area contributed by atoms with Gasteiger partial charge in [-0.2, -0.15) is 5.10 Å². The Morgan fingerprint density at radius 3 is 2.76 bits per heavy atom. The van der Waals surface area contributed by atoms with E-state index >= 15 is 0 Å². The van der Waals surface area contributed by atoms with E-state index in [-0.39, 0.29) is 23.8 Å². The van der Waals surface area contributed by atoms with Crippen molar-refractivity contribution in [3.63, 3.8) is 0 Å². The SMILES string of the molecule is Cc1nn2c(c1C(=O)NC1CC(C3NC(=O)NC3=O)C1)CCCC2C. The first-order valence-corrected chi connectivity index (χ1v) is 8.94. The Labute approximate surface area is 145 Å². The van der Waals surface area contributed by atoms with E-state index in [9.17, 15) is 14.4 Å². The molecule has 25 heavy (non-hydrogen) atoms. The second-order valence-electron chi connectivity index (χ2n) is 7.44. The maximum Gasteiger partial charge on any atom is 0.322 e. The van der Waals surface area contributed by atoms with Crippen molar-refractivity contribution in [3.8, 4) is 0 Å². The third kappa shape index (κ3) is 2.69. The highest BCUT2D eigenvalue weighted by Gasteiger charge is 2.43. The van der Waals surface area contributed by atoms with Gasteiger partial charge in [0, 0.05) is 12.1 Å². The Hall–Kier alpha value is -2.38. The van der Waals surface area contributed by atoms with Gasteiger partial charge in [-0.3, -0.25) is 19.6 Å². The average Bonchev–Trinajstić information content (AvgIpc) is 3.02. The van der Waals surface area contributed by atoms with Crippen molar-refractivity contribution >= 4 is 17.8 Å². The van der Waals surface area contributed by atoms with Gasteiger partial charge < -0.3 is 10.6 Å². The largest absolute Gasteiger partial charge is 0.349 e. The molecule has 1 aliphatic carbocycles. The number of urea groups is 1. The van der Waals surface area contributed by atoms with E-state index < -0.39 is 12.1 Å². The van der Waals surface area contributed by atoms with Gasteiger partial charge in [0.25, 0.3) is 11.8 Å². The summed E-state index contributed by atoms with van der Waals surface area (Å²) in [6, 6.07) is -0.522. The number of carbonyl (C=O) groups excluding carboxylic acids is 3. The van der Waals surface area contributed by atoms with E-state index in [2.05, 4.69) is 28.0 Å². The molecular weight excluding hydrogens is 322 g/mol. The summed E-state index contributed by atoms with van der Waals surface area (Å²) in [6.45, 7) is 4.02. The number of fused-ring (bicyclic) bond motifs is 1. The van der Waals surface area contributed by atoms with Crippen LogP contribution in [0.15, 0.2) is 0 Å². The zero-order valence-corrected chi connectivity index (χ0v) is 14.5. The van der Waals surface area contributed by atoms with Gasteiger partial charge in [-0.15, -0.1) is 0 Å². The molecule has 1 aromatic heterocycles. The fourth-order valence-electron chi connectivity index (χ4n) is 4.26. The molecule has 0 bridgehead atoms. The number of carbonyl (C=O) groups is 3. The normalized spacial score (nSPS) is 31.0. The van der Waals surface area contributed by atoms with E-state index in [1.54, 1.807) is 0 Å². The summed E-state index contributed by atoms with van der Waals surface area (Å²) in [6.07, 6.45) is 4.45. The van der Waals surface area contributed by atoms with Gasteiger partial charge in [0.2, 0.25) is 0 Å². The van der Waals surface area contributed by atoms with Crippen molar-refractivity contribution in [2.24, 2.45) is 5.92 Å². The zero-order valence-electron chi connectivity index (χ0n) is 14.5. The number of rotatable bonds is 3. The van der Waals surface area contributed by atoms with Gasteiger partial charge >= 0.3 is 6.03 Å². The quantitative estimate of drug-likeness (QED) is 0.705. The number of amides is 4. The smallest absolute Gasteiger partial charge is 0.322 e. The van der Waals surface area contributed by atoms with E-state index in [1.165, 1.54) is 0 Å². The third-order valence-corrected chi connectivity index (χ3v) is 5.65. The average molecular weight is 345 g/mol. The van der Waals surface area contributed by atoms with Gasteiger partial charge in [0.1, 0.15) is 6.04 Å². The topological polar surface area (TPSA) is 105 Å². The molecule has 1 saturated carbocycles. The van der Waals surface area contributed by atoms with E-state index in [1.807, 2.05) is 11.6 Å². The van der Waals surface area contributed by atoms with Gasteiger partial charge in [0.15, 0.2) is 0 Å². The molecule has 3 aliphatic rings. The van der Waals surface area contributed by atoms with Gasteiger partial charge in [0.05, 0.1) is 17.0 Å². The first kappa shape index (κ1) is 16.1. The summed E-state index contributed by atoms with van der Waals surface area (Å²) in [5.74, 6) is -0.259. The molecule has 2 unspecified atom stereocenters. The summed E-state index contributed by atoms with van der Waals surface area (Å²) in [7, 11) is 0. The van der Waals surface area contributed by atoms with E-state index in [4.69, 9.17) is 0 Å². The van der Waals surface area contributed by atoms with Crippen molar-refractivity contribution in [1.82, 2.24) is 25.7 Å². The first-order chi connectivity index (χ1) is 11.9. The summed E-state index contributed by atoms with van der Waals surface area (Å²) in [5, 5.41) is 12.5. The number of nitrogens with one attached hydrogen (secondary N) is 3. The highest BCUT2D eigenvalue weighted by molar-refractivity contribution is 6.04. The molecule has 4 rings (SSSR count). The Balaban J connectivity index is 1.40. The summed E-state index contributed by atoms with van der Waals surface area (Å²) >= 11 is 0. The molecule has 0 aromatic carbocycles. The fraction of sp³-hybridized carbons (Fsp3) is 0.647. The Bertz CT molecular complexity index is 750.